The smallest absolute Gasteiger partial charge is 0.240 e. The van der Waals surface area contributed by atoms with E-state index in [0.29, 0.717) is 13.0 Å². The lowest BCUT2D eigenvalue weighted by atomic mass is 9.96. The van der Waals surface area contributed by atoms with Crippen molar-refractivity contribution in [3.05, 3.63) is 29.8 Å². The SMILES string of the molecule is COc1ccc(C(NC(=O)CN2CCCCC2=O)C(C)C)cc1. The van der Waals surface area contributed by atoms with Crippen LogP contribution in [0.25, 0.3) is 0 Å². The Bertz CT molecular complexity index is 540. The van der Waals surface area contributed by atoms with Gasteiger partial charge >= 0.3 is 0 Å². The van der Waals surface area contributed by atoms with Gasteiger partial charge in [-0.3, -0.25) is 9.59 Å². The predicted octanol–water partition coefficient (Wildman–Crippen LogP) is 2.52. The molecule has 1 heterocycles. The molecule has 0 spiro atoms. The maximum atomic E-state index is 12.3. The van der Waals surface area contributed by atoms with Gasteiger partial charge in [-0.15, -0.1) is 0 Å². The molecular weight excluding hydrogens is 292 g/mol. The molecule has 1 aliphatic heterocycles. The van der Waals surface area contributed by atoms with Gasteiger partial charge in [-0.05, 0) is 36.5 Å². The summed E-state index contributed by atoms with van der Waals surface area (Å²) in [5.41, 5.74) is 1.04. The summed E-state index contributed by atoms with van der Waals surface area (Å²) in [6.07, 6.45) is 2.46. The molecule has 0 aliphatic carbocycles. The monoisotopic (exact) mass is 318 g/mol. The van der Waals surface area contributed by atoms with Gasteiger partial charge in [-0.2, -0.15) is 0 Å². The lowest BCUT2D eigenvalue weighted by Crippen LogP contribution is -2.44. The number of nitrogens with one attached hydrogen (secondary N) is 1. The van der Waals surface area contributed by atoms with Crippen molar-refractivity contribution in [2.24, 2.45) is 5.92 Å². The van der Waals surface area contributed by atoms with Crippen molar-refractivity contribution >= 4 is 11.8 Å². The van der Waals surface area contributed by atoms with Gasteiger partial charge in [0.15, 0.2) is 0 Å². The Morgan fingerprint density at radius 3 is 2.52 bits per heavy atom. The molecule has 0 radical (unpaired) electrons. The molecule has 1 N–H and O–H groups in total. The number of methoxy groups -OCH3 is 1. The summed E-state index contributed by atoms with van der Waals surface area (Å²) >= 11 is 0. The van der Waals surface area contributed by atoms with Crippen LogP contribution in [-0.2, 0) is 9.59 Å². The number of rotatable bonds is 6. The van der Waals surface area contributed by atoms with Crippen LogP contribution in [0.4, 0.5) is 0 Å². The molecule has 1 aromatic carbocycles. The van der Waals surface area contributed by atoms with Crippen molar-refractivity contribution in [2.75, 3.05) is 20.2 Å². The first-order valence-corrected chi connectivity index (χ1v) is 8.22. The normalized spacial score (nSPS) is 16.3. The van der Waals surface area contributed by atoms with E-state index < -0.39 is 0 Å². The van der Waals surface area contributed by atoms with Crippen LogP contribution in [0.3, 0.4) is 0 Å². The highest BCUT2D eigenvalue weighted by Gasteiger charge is 2.23. The van der Waals surface area contributed by atoms with E-state index in [1.807, 2.05) is 24.3 Å². The minimum Gasteiger partial charge on any atom is -0.497 e. The zero-order valence-electron chi connectivity index (χ0n) is 14.2. The van der Waals surface area contributed by atoms with Crippen LogP contribution in [0.15, 0.2) is 24.3 Å². The number of hydrogen-bond donors (Lipinski definition) is 1. The fourth-order valence-corrected chi connectivity index (χ4v) is 2.87. The first-order chi connectivity index (χ1) is 11.0. The van der Waals surface area contributed by atoms with Gasteiger partial charge in [0.1, 0.15) is 5.75 Å². The topological polar surface area (TPSA) is 58.6 Å². The van der Waals surface area contributed by atoms with E-state index in [-0.39, 0.29) is 30.3 Å². The Labute approximate surface area is 138 Å². The number of carbonyl (C=O) groups excluding carboxylic acids is 2. The molecule has 1 saturated heterocycles. The Balaban J connectivity index is 2.00. The van der Waals surface area contributed by atoms with Gasteiger partial charge in [0.25, 0.3) is 0 Å². The molecule has 23 heavy (non-hydrogen) atoms. The van der Waals surface area contributed by atoms with Crippen molar-refractivity contribution in [2.45, 2.75) is 39.2 Å². The first-order valence-electron chi connectivity index (χ1n) is 8.22. The molecule has 126 valence electrons. The predicted molar refractivity (Wildman–Crippen MR) is 89.1 cm³/mol. The number of likely N-dealkylation sites (tertiary alicyclic amines) is 1. The van der Waals surface area contributed by atoms with Crippen LogP contribution in [0, 0.1) is 5.92 Å². The second-order valence-corrected chi connectivity index (χ2v) is 6.33. The molecule has 1 fully saturated rings. The molecule has 1 unspecified atom stereocenters. The fraction of sp³-hybridized carbons (Fsp3) is 0.556. The molecule has 0 bridgehead atoms. The zero-order chi connectivity index (χ0) is 16.8. The number of hydrogen-bond acceptors (Lipinski definition) is 3. The summed E-state index contributed by atoms with van der Waals surface area (Å²) in [5, 5.41) is 3.06. The van der Waals surface area contributed by atoms with Crippen molar-refractivity contribution in [3.63, 3.8) is 0 Å². The van der Waals surface area contributed by atoms with Gasteiger partial charge in [-0.1, -0.05) is 26.0 Å². The number of nitrogens with zero attached hydrogens (tertiary/aromatic N) is 1. The molecule has 5 nitrogen and oxygen atoms in total. The highest BCUT2D eigenvalue weighted by Crippen LogP contribution is 2.24. The van der Waals surface area contributed by atoms with Crippen molar-refractivity contribution in [3.8, 4) is 5.75 Å². The zero-order valence-corrected chi connectivity index (χ0v) is 14.2. The summed E-state index contributed by atoms with van der Waals surface area (Å²) in [5.74, 6) is 1.03. The third kappa shape index (κ3) is 4.71. The minimum atomic E-state index is -0.102. The van der Waals surface area contributed by atoms with E-state index in [4.69, 9.17) is 4.74 Å². The highest BCUT2D eigenvalue weighted by molar-refractivity contribution is 5.85. The van der Waals surface area contributed by atoms with Crippen molar-refractivity contribution in [1.29, 1.82) is 0 Å². The average molecular weight is 318 g/mol. The highest BCUT2D eigenvalue weighted by atomic mass is 16.5. The fourth-order valence-electron chi connectivity index (χ4n) is 2.87. The molecular formula is C18H26N2O3. The number of amides is 2. The van der Waals surface area contributed by atoms with Crippen LogP contribution in [-0.4, -0.2) is 36.9 Å². The third-order valence-electron chi connectivity index (χ3n) is 4.21. The number of piperidine rings is 1. The first kappa shape index (κ1) is 17.3. The summed E-state index contributed by atoms with van der Waals surface area (Å²) in [4.78, 5) is 25.8. The van der Waals surface area contributed by atoms with Crippen LogP contribution in [0.2, 0.25) is 0 Å². The standard InChI is InChI=1S/C18H26N2O3/c1-13(2)18(14-7-9-15(23-3)10-8-14)19-16(21)12-20-11-5-4-6-17(20)22/h7-10,13,18H,4-6,11-12H2,1-3H3,(H,19,21). The maximum absolute atomic E-state index is 12.3. The van der Waals surface area contributed by atoms with Crippen molar-refractivity contribution in [1.82, 2.24) is 10.2 Å². The summed E-state index contributed by atoms with van der Waals surface area (Å²) in [6, 6.07) is 7.65. The van der Waals surface area contributed by atoms with Crippen LogP contribution in [0.1, 0.15) is 44.7 Å². The number of ether oxygens (including phenoxy) is 1. The van der Waals surface area contributed by atoms with Gasteiger partial charge in [0.2, 0.25) is 11.8 Å². The van der Waals surface area contributed by atoms with Crippen LogP contribution >= 0.6 is 0 Å². The molecule has 2 amide bonds. The Morgan fingerprint density at radius 1 is 1.26 bits per heavy atom. The second-order valence-electron chi connectivity index (χ2n) is 6.33. The van der Waals surface area contributed by atoms with Gasteiger partial charge < -0.3 is 15.0 Å². The van der Waals surface area contributed by atoms with Gasteiger partial charge in [0, 0.05) is 13.0 Å². The summed E-state index contributed by atoms with van der Waals surface area (Å²) in [7, 11) is 1.63. The van der Waals surface area contributed by atoms with Crippen molar-refractivity contribution < 1.29 is 14.3 Å². The van der Waals surface area contributed by atoms with E-state index in [1.165, 1.54) is 0 Å². The van der Waals surface area contributed by atoms with E-state index >= 15 is 0 Å². The Kier molecular flexibility index (Phi) is 6.02. The molecule has 1 atom stereocenters. The summed E-state index contributed by atoms with van der Waals surface area (Å²) in [6.45, 7) is 4.97. The van der Waals surface area contributed by atoms with E-state index in [1.54, 1.807) is 12.0 Å². The third-order valence-corrected chi connectivity index (χ3v) is 4.21. The molecule has 2 rings (SSSR count). The lowest BCUT2D eigenvalue weighted by molar-refractivity contribution is -0.138. The number of carbonyl (C=O) groups is 2. The van der Waals surface area contributed by atoms with E-state index in [2.05, 4.69) is 19.2 Å². The van der Waals surface area contributed by atoms with E-state index in [0.717, 1.165) is 24.2 Å². The number of benzene rings is 1. The average Bonchev–Trinajstić information content (AvgIpc) is 2.55. The summed E-state index contributed by atoms with van der Waals surface area (Å²) < 4.78 is 5.17. The molecule has 5 heteroatoms. The molecule has 0 saturated carbocycles. The maximum Gasteiger partial charge on any atom is 0.240 e. The van der Waals surface area contributed by atoms with Crippen LogP contribution in [0.5, 0.6) is 5.75 Å². The molecule has 0 aromatic heterocycles. The molecule has 1 aromatic rings. The largest absolute Gasteiger partial charge is 0.497 e. The Morgan fingerprint density at radius 2 is 1.96 bits per heavy atom. The minimum absolute atomic E-state index is 0.0756. The quantitative estimate of drug-likeness (QED) is 0.877. The Hall–Kier alpha value is -2.04. The molecule has 1 aliphatic rings. The lowest BCUT2D eigenvalue weighted by Gasteiger charge is -2.28. The van der Waals surface area contributed by atoms with Gasteiger partial charge in [-0.25, -0.2) is 0 Å². The van der Waals surface area contributed by atoms with E-state index in [9.17, 15) is 9.59 Å². The second kappa shape index (κ2) is 7.99. The van der Waals surface area contributed by atoms with Gasteiger partial charge in [0.05, 0.1) is 19.7 Å². The van der Waals surface area contributed by atoms with Crippen LogP contribution < -0.4 is 10.1 Å².